The lowest BCUT2D eigenvalue weighted by Gasteiger charge is -2.26. The van der Waals surface area contributed by atoms with E-state index in [1.54, 1.807) is 23.9 Å². The van der Waals surface area contributed by atoms with Crippen LogP contribution in [-0.4, -0.2) is 22.8 Å². The molecule has 2 heterocycles. The number of thioether (sulfide) groups is 1. The fourth-order valence-corrected chi connectivity index (χ4v) is 4.12. The van der Waals surface area contributed by atoms with E-state index in [1.165, 1.54) is 11.8 Å². The SMILES string of the molecule is CC(CC(O)c1ccco1)NC(=O)C1SCCc2ccccc21. The Hall–Kier alpha value is -1.72. The van der Waals surface area contributed by atoms with Gasteiger partial charge in [-0.3, -0.25) is 4.79 Å². The summed E-state index contributed by atoms with van der Waals surface area (Å²) in [7, 11) is 0. The molecule has 0 fully saturated rings. The summed E-state index contributed by atoms with van der Waals surface area (Å²) in [4.78, 5) is 12.6. The number of aliphatic hydroxyl groups is 1. The summed E-state index contributed by atoms with van der Waals surface area (Å²) in [5, 5.41) is 13.0. The van der Waals surface area contributed by atoms with Crippen LogP contribution in [0.1, 0.15) is 41.6 Å². The molecule has 5 heteroatoms. The molecular weight excluding hydrogens is 310 g/mol. The van der Waals surface area contributed by atoms with Crippen LogP contribution in [0.3, 0.4) is 0 Å². The third-order valence-electron chi connectivity index (χ3n) is 4.07. The van der Waals surface area contributed by atoms with E-state index in [4.69, 9.17) is 4.42 Å². The van der Waals surface area contributed by atoms with E-state index in [0.29, 0.717) is 12.2 Å². The first-order valence-corrected chi connectivity index (χ1v) is 8.91. The number of amides is 1. The van der Waals surface area contributed by atoms with E-state index in [9.17, 15) is 9.90 Å². The topological polar surface area (TPSA) is 62.5 Å². The predicted octanol–water partition coefficient (Wildman–Crippen LogP) is 3.24. The molecule has 23 heavy (non-hydrogen) atoms. The van der Waals surface area contributed by atoms with Crippen molar-refractivity contribution in [1.29, 1.82) is 0 Å². The van der Waals surface area contributed by atoms with Crippen molar-refractivity contribution in [2.45, 2.75) is 37.2 Å². The second kappa shape index (κ2) is 7.23. The van der Waals surface area contributed by atoms with Crippen LogP contribution in [0.25, 0.3) is 0 Å². The van der Waals surface area contributed by atoms with Gasteiger partial charge in [0.25, 0.3) is 0 Å². The first-order valence-electron chi connectivity index (χ1n) is 7.86. The van der Waals surface area contributed by atoms with Gasteiger partial charge in [0.15, 0.2) is 0 Å². The lowest BCUT2D eigenvalue weighted by molar-refractivity contribution is -0.121. The zero-order valence-corrected chi connectivity index (χ0v) is 13.9. The van der Waals surface area contributed by atoms with Crippen molar-refractivity contribution >= 4 is 17.7 Å². The molecule has 3 atom stereocenters. The number of fused-ring (bicyclic) bond motifs is 1. The van der Waals surface area contributed by atoms with Gasteiger partial charge in [-0.15, -0.1) is 11.8 Å². The molecule has 1 aliphatic heterocycles. The van der Waals surface area contributed by atoms with Gasteiger partial charge in [-0.05, 0) is 42.4 Å². The average molecular weight is 331 g/mol. The Morgan fingerprint density at radius 1 is 1.39 bits per heavy atom. The van der Waals surface area contributed by atoms with Gasteiger partial charge in [-0.1, -0.05) is 24.3 Å². The molecule has 0 spiro atoms. The number of aryl methyl sites for hydroxylation is 1. The average Bonchev–Trinajstić information content (AvgIpc) is 3.08. The highest BCUT2D eigenvalue weighted by Gasteiger charge is 2.28. The Labute approximate surface area is 140 Å². The summed E-state index contributed by atoms with van der Waals surface area (Å²) < 4.78 is 5.20. The number of hydrogen-bond donors (Lipinski definition) is 2. The summed E-state index contributed by atoms with van der Waals surface area (Å²) in [6.07, 6.45) is 2.28. The number of nitrogens with one attached hydrogen (secondary N) is 1. The molecule has 0 saturated carbocycles. The Morgan fingerprint density at radius 2 is 2.22 bits per heavy atom. The third-order valence-corrected chi connectivity index (χ3v) is 5.31. The predicted molar refractivity (Wildman–Crippen MR) is 91.2 cm³/mol. The first-order chi connectivity index (χ1) is 11.1. The molecular formula is C18H21NO3S. The first kappa shape index (κ1) is 16.1. The Balaban J connectivity index is 1.61. The van der Waals surface area contributed by atoms with Crippen LogP contribution < -0.4 is 5.32 Å². The molecule has 0 saturated heterocycles. The van der Waals surface area contributed by atoms with E-state index in [1.807, 2.05) is 25.1 Å². The van der Waals surface area contributed by atoms with Gasteiger partial charge in [-0.2, -0.15) is 0 Å². The largest absolute Gasteiger partial charge is 0.467 e. The van der Waals surface area contributed by atoms with Crippen molar-refractivity contribution in [1.82, 2.24) is 5.32 Å². The minimum Gasteiger partial charge on any atom is -0.467 e. The number of aliphatic hydroxyl groups excluding tert-OH is 1. The van der Waals surface area contributed by atoms with Crippen LogP contribution in [0.2, 0.25) is 0 Å². The normalized spacial score (nSPS) is 19.7. The van der Waals surface area contributed by atoms with Gasteiger partial charge in [-0.25, -0.2) is 0 Å². The van der Waals surface area contributed by atoms with Crippen molar-refractivity contribution in [3.8, 4) is 0 Å². The second-order valence-corrected chi connectivity index (χ2v) is 7.09. The third kappa shape index (κ3) is 3.79. The fourth-order valence-electron chi connectivity index (χ4n) is 2.92. The molecule has 3 rings (SSSR count). The van der Waals surface area contributed by atoms with E-state index in [2.05, 4.69) is 11.4 Å². The summed E-state index contributed by atoms with van der Waals surface area (Å²) in [5.74, 6) is 1.50. The van der Waals surface area contributed by atoms with Crippen molar-refractivity contribution in [3.63, 3.8) is 0 Å². The molecule has 0 radical (unpaired) electrons. The number of rotatable bonds is 5. The van der Waals surface area contributed by atoms with E-state index >= 15 is 0 Å². The highest BCUT2D eigenvalue weighted by atomic mass is 32.2. The van der Waals surface area contributed by atoms with Crippen LogP contribution >= 0.6 is 11.8 Å². The summed E-state index contributed by atoms with van der Waals surface area (Å²) in [6.45, 7) is 1.91. The van der Waals surface area contributed by atoms with Crippen molar-refractivity contribution < 1.29 is 14.3 Å². The molecule has 0 bridgehead atoms. The molecule has 122 valence electrons. The van der Waals surface area contributed by atoms with Crippen LogP contribution in [0, 0.1) is 0 Å². The molecule has 1 aliphatic rings. The van der Waals surface area contributed by atoms with Crippen LogP contribution in [-0.2, 0) is 11.2 Å². The van der Waals surface area contributed by atoms with Gasteiger partial charge in [0, 0.05) is 12.5 Å². The molecule has 0 aliphatic carbocycles. The van der Waals surface area contributed by atoms with Crippen molar-refractivity contribution in [3.05, 3.63) is 59.5 Å². The van der Waals surface area contributed by atoms with Crippen LogP contribution in [0.4, 0.5) is 0 Å². The van der Waals surface area contributed by atoms with Crippen molar-refractivity contribution in [2.75, 3.05) is 5.75 Å². The maximum Gasteiger partial charge on any atom is 0.237 e. The van der Waals surface area contributed by atoms with Crippen molar-refractivity contribution in [2.24, 2.45) is 0 Å². The molecule has 4 nitrogen and oxygen atoms in total. The number of carbonyl (C=O) groups is 1. The monoisotopic (exact) mass is 331 g/mol. The number of hydrogen-bond acceptors (Lipinski definition) is 4. The van der Waals surface area contributed by atoms with Gasteiger partial charge < -0.3 is 14.8 Å². The highest BCUT2D eigenvalue weighted by Crippen LogP contribution is 2.36. The Bertz CT molecular complexity index is 656. The maximum atomic E-state index is 12.6. The lowest BCUT2D eigenvalue weighted by atomic mass is 10.0. The zero-order valence-electron chi connectivity index (χ0n) is 13.1. The minimum absolute atomic E-state index is 0.0151. The van der Waals surface area contributed by atoms with Crippen LogP contribution in [0.5, 0.6) is 0 Å². The van der Waals surface area contributed by atoms with E-state index in [0.717, 1.165) is 17.7 Å². The second-order valence-electron chi connectivity index (χ2n) is 5.88. The van der Waals surface area contributed by atoms with Gasteiger partial charge in [0.05, 0.1) is 6.26 Å². The molecule has 1 aromatic heterocycles. The lowest BCUT2D eigenvalue weighted by Crippen LogP contribution is -2.37. The van der Waals surface area contributed by atoms with E-state index < -0.39 is 6.10 Å². The maximum absolute atomic E-state index is 12.6. The molecule has 2 aromatic rings. The number of benzene rings is 1. The molecule has 3 unspecified atom stereocenters. The molecule has 1 amide bonds. The quantitative estimate of drug-likeness (QED) is 0.883. The molecule has 2 N–H and O–H groups in total. The zero-order chi connectivity index (χ0) is 16.2. The smallest absolute Gasteiger partial charge is 0.237 e. The molecule has 1 aromatic carbocycles. The minimum atomic E-state index is -0.702. The van der Waals surface area contributed by atoms with E-state index in [-0.39, 0.29) is 17.2 Å². The van der Waals surface area contributed by atoms with Gasteiger partial charge in [0.1, 0.15) is 17.1 Å². The Morgan fingerprint density at radius 3 is 3.00 bits per heavy atom. The standard InChI is InChI=1S/C18H21NO3S/c1-12(11-15(20)16-7-4-9-22-16)19-18(21)17-14-6-3-2-5-13(14)8-10-23-17/h2-7,9,12,15,17,20H,8,10-11H2,1H3,(H,19,21). The summed E-state index contributed by atoms with van der Waals surface area (Å²) >= 11 is 1.68. The highest BCUT2D eigenvalue weighted by molar-refractivity contribution is 8.00. The van der Waals surface area contributed by atoms with Crippen LogP contribution in [0.15, 0.2) is 47.1 Å². The Kier molecular flexibility index (Phi) is 5.08. The number of carbonyl (C=O) groups excluding carboxylic acids is 1. The summed E-state index contributed by atoms with van der Waals surface area (Å²) in [5.41, 5.74) is 2.37. The summed E-state index contributed by atoms with van der Waals surface area (Å²) in [6, 6.07) is 11.5. The number of furan rings is 1. The fraction of sp³-hybridized carbons (Fsp3) is 0.389. The van der Waals surface area contributed by atoms with Gasteiger partial charge in [0.2, 0.25) is 5.91 Å². The van der Waals surface area contributed by atoms with Gasteiger partial charge >= 0.3 is 0 Å².